The van der Waals surface area contributed by atoms with Crippen molar-refractivity contribution in [3.8, 4) is 0 Å². The van der Waals surface area contributed by atoms with Gasteiger partial charge in [-0.1, -0.05) is 26.2 Å². The van der Waals surface area contributed by atoms with E-state index in [4.69, 9.17) is 9.47 Å². The zero-order valence-electron chi connectivity index (χ0n) is 10.3. The molecule has 2 fully saturated rings. The van der Waals surface area contributed by atoms with Crippen LogP contribution >= 0.6 is 0 Å². The smallest absolute Gasteiger partial charge is 0.338 e. The molecule has 3 heteroatoms. The molecule has 2 aliphatic rings. The van der Waals surface area contributed by atoms with E-state index in [1.807, 2.05) is 6.92 Å². The van der Waals surface area contributed by atoms with Crippen molar-refractivity contribution in [3.05, 3.63) is 0 Å². The zero-order chi connectivity index (χ0) is 11.6. The van der Waals surface area contributed by atoms with Gasteiger partial charge in [-0.05, 0) is 32.1 Å². The van der Waals surface area contributed by atoms with Crippen LogP contribution in [0, 0.1) is 5.92 Å². The standard InChI is InChI=1S/C13H22O3/c1-3-10-6-5-8-13(9-7-10)11(16-13)12(14)15-4-2/h10-11H,3-9H2,1-2H3. The SMILES string of the molecule is CCOC(=O)C1OC12CCCC(CC)CC2. The first-order valence-electron chi connectivity index (χ1n) is 6.56. The van der Waals surface area contributed by atoms with Gasteiger partial charge < -0.3 is 9.47 Å². The van der Waals surface area contributed by atoms with Crippen LogP contribution in [-0.2, 0) is 14.3 Å². The maximum atomic E-state index is 11.6. The van der Waals surface area contributed by atoms with Crippen molar-refractivity contribution in [2.75, 3.05) is 6.61 Å². The summed E-state index contributed by atoms with van der Waals surface area (Å²) in [6.45, 7) is 4.54. The lowest BCUT2D eigenvalue weighted by Crippen LogP contribution is -2.22. The molecule has 0 N–H and O–H groups in total. The molecule has 0 bridgehead atoms. The third-order valence-electron chi connectivity index (χ3n) is 4.04. The molecular weight excluding hydrogens is 204 g/mol. The topological polar surface area (TPSA) is 38.8 Å². The lowest BCUT2D eigenvalue weighted by atomic mass is 9.94. The third kappa shape index (κ3) is 2.24. The van der Waals surface area contributed by atoms with Crippen LogP contribution in [0.2, 0.25) is 0 Å². The highest BCUT2D eigenvalue weighted by Gasteiger charge is 2.61. The highest BCUT2D eigenvalue weighted by atomic mass is 16.7. The van der Waals surface area contributed by atoms with Gasteiger partial charge >= 0.3 is 5.97 Å². The predicted molar refractivity (Wildman–Crippen MR) is 61.1 cm³/mol. The van der Waals surface area contributed by atoms with E-state index in [0.29, 0.717) is 6.61 Å². The molecule has 1 heterocycles. The second-order valence-electron chi connectivity index (χ2n) is 5.02. The van der Waals surface area contributed by atoms with Gasteiger partial charge in [0.2, 0.25) is 0 Å². The van der Waals surface area contributed by atoms with Crippen molar-refractivity contribution in [3.63, 3.8) is 0 Å². The summed E-state index contributed by atoms with van der Waals surface area (Å²) in [7, 11) is 0. The van der Waals surface area contributed by atoms with E-state index in [2.05, 4.69) is 6.92 Å². The molecule has 1 spiro atoms. The second kappa shape index (κ2) is 4.74. The second-order valence-corrected chi connectivity index (χ2v) is 5.02. The molecule has 1 aliphatic carbocycles. The Morgan fingerprint density at radius 3 is 2.88 bits per heavy atom. The van der Waals surface area contributed by atoms with Crippen molar-refractivity contribution >= 4 is 5.97 Å². The summed E-state index contributed by atoms with van der Waals surface area (Å²) >= 11 is 0. The van der Waals surface area contributed by atoms with Crippen LogP contribution in [-0.4, -0.2) is 24.3 Å². The normalized spacial score (nSPS) is 38.1. The Balaban J connectivity index is 1.89. The van der Waals surface area contributed by atoms with E-state index < -0.39 is 0 Å². The van der Waals surface area contributed by atoms with Gasteiger partial charge in [0, 0.05) is 0 Å². The average molecular weight is 226 g/mol. The summed E-state index contributed by atoms with van der Waals surface area (Å²) in [6, 6.07) is 0. The Morgan fingerprint density at radius 2 is 2.19 bits per heavy atom. The monoisotopic (exact) mass is 226 g/mol. The third-order valence-corrected chi connectivity index (χ3v) is 4.04. The highest BCUT2D eigenvalue weighted by molar-refractivity contribution is 5.79. The summed E-state index contributed by atoms with van der Waals surface area (Å²) in [6.07, 6.45) is 6.74. The molecule has 1 aliphatic heterocycles. The molecule has 2 rings (SSSR count). The predicted octanol–water partition coefficient (Wildman–Crippen LogP) is 2.68. The zero-order valence-corrected chi connectivity index (χ0v) is 10.3. The van der Waals surface area contributed by atoms with E-state index in [1.54, 1.807) is 0 Å². The molecule has 1 saturated heterocycles. The lowest BCUT2D eigenvalue weighted by Gasteiger charge is -2.10. The van der Waals surface area contributed by atoms with Crippen LogP contribution in [0.1, 0.15) is 52.4 Å². The maximum Gasteiger partial charge on any atom is 0.338 e. The van der Waals surface area contributed by atoms with Crippen molar-refractivity contribution in [2.24, 2.45) is 5.92 Å². The molecule has 0 radical (unpaired) electrons. The minimum absolute atomic E-state index is 0.143. The average Bonchev–Trinajstić information content (AvgIpc) is 3.03. The van der Waals surface area contributed by atoms with Crippen molar-refractivity contribution in [1.29, 1.82) is 0 Å². The number of epoxide rings is 1. The van der Waals surface area contributed by atoms with Crippen molar-refractivity contribution in [2.45, 2.75) is 64.1 Å². The molecule has 3 unspecified atom stereocenters. The summed E-state index contributed by atoms with van der Waals surface area (Å²) in [5.41, 5.74) is -0.143. The Labute approximate surface area is 97.5 Å². The van der Waals surface area contributed by atoms with E-state index in [0.717, 1.165) is 18.8 Å². The first-order chi connectivity index (χ1) is 7.72. The molecule has 16 heavy (non-hydrogen) atoms. The molecular formula is C13H22O3. The van der Waals surface area contributed by atoms with Crippen LogP contribution in [0.4, 0.5) is 0 Å². The fraction of sp³-hybridized carbons (Fsp3) is 0.923. The number of hydrogen-bond donors (Lipinski definition) is 0. The van der Waals surface area contributed by atoms with Gasteiger partial charge in [0.15, 0.2) is 6.10 Å². The minimum Gasteiger partial charge on any atom is -0.464 e. The van der Waals surface area contributed by atoms with Gasteiger partial charge in [0.25, 0.3) is 0 Å². The van der Waals surface area contributed by atoms with E-state index in [9.17, 15) is 4.79 Å². The van der Waals surface area contributed by atoms with Crippen LogP contribution in [0.25, 0.3) is 0 Å². The fourth-order valence-corrected chi connectivity index (χ4v) is 2.88. The molecule has 0 aromatic carbocycles. The van der Waals surface area contributed by atoms with E-state index >= 15 is 0 Å². The Morgan fingerprint density at radius 1 is 1.38 bits per heavy atom. The molecule has 92 valence electrons. The van der Waals surface area contributed by atoms with Crippen molar-refractivity contribution < 1.29 is 14.3 Å². The number of esters is 1. The van der Waals surface area contributed by atoms with Gasteiger partial charge in [-0.15, -0.1) is 0 Å². The van der Waals surface area contributed by atoms with Crippen molar-refractivity contribution in [1.82, 2.24) is 0 Å². The van der Waals surface area contributed by atoms with E-state index in [1.165, 1.54) is 25.7 Å². The minimum atomic E-state index is -0.261. The molecule has 0 aromatic heterocycles. The maximum absolute atomic E-state index is 11.6. The Bertz CT molecular complexity index is 264. The molecule has 0 aromatic rings. The lowest BCUT2D eigenvalue weighted by molar-refractivity contribution is -0.144. The number of carbonyl (C=O) groups is 1. The summed E-state index contributed by atoms with van der Waals surface area (Å²) < 4.78 is 10.7. The summed E-state index contributed by atoms with van der Waals surface area (Å²) in [5.74, 6) is 0.670. The Hall–Kier alpha value is -0.570. The van der Waals surface area contributed by atoms with E-state index in [-0.39, 0.29) is 17.7 Å². The molecule has 1 saturated carbocycles. The van der Waals surface area contributed by atoms with Crippen LogP contribution in [0.3, 0.4) is 0 Å². The summed E-state index contributed by atoms with van der Waals surface area (Å²) in [4.78, 5) is 11.6. The quantitative estimate of drug-likeness (QED) is 0.548. The molecule has 3 atom stereocenters. The van der Waals surface area contributed by atoms with Crippen LogP contribution in [0.15, 0.2) is 0 Å². The van der Waals surface area contributed by atoms with Crippen LogP contribution in [0.5, 0.6) is 0 Å². The number of carbonyl (C=O) groups excluding carboxylic acids is 1. The van der Waals surface area contributed by atoms with Gasteiger partial charge in [-0.2, -0.15) is 0 Å². The van der Waals surface area contributed by atoms with Gasteiger partial charge in [0.05, 0.1) is 6.61 Å². The number of rotatable bonds is 3. The first-order valence-corrected chi connectivity index (χ1v) is 6.56. The summed E-state index contributed by atoms with van der Waals surface area (Å²) in [5, 5.41) is 0. The first kappa shape index (κ1) is 11.9. The molecule has 0 amide bonds. The number of hydrogen-bond acceptors (Lipinski definition) is 3. The van der Waals surface area contributed by atoms with Gasteiger partial charge in [-0.25, -0.2) is 4.79 Å². The van der Waals surface area contributed by atoms with Crippen LogP contribution < -0.4 is 0 Å². The Kier molecular flexibility index (Phi) is 3.53. The fourth-order valence-electron chi connectivity index (χ4n) is 2.88. The highest BCUT2D eigenvalue weighted by Crippen LogP contribution is 2.48. The largest absolute Gasteiger partial charge is 0.464 e. The molecule has 3 nitrogen and oxygen atoms in total. The number of ether oxygens (including phenoxy) is 2. The van der Waals surface area contributed by atoms with Gasteiger partial charge in [0.1, 0.15) is 5.60 Å². The van der Waals surface area contributed by atoms with Gasteiger partial charge in [-0.3, -0.25) is 0 Å².